The molecule has 2 aromatic heterocycles. The molecule has 2 heterocycles. The van der Waals surface area contributed by atoms with E-state index in [-0.39, 0.29) is 11.5 Å². The highest BCUT2D eigenvalue weighted by atomic mass is 16.5. The van der Waals surface area contributed by atoms with Gasteiger partial charge in [0.25, 0.3) is 5.56 Å². The van der Waals surface area contributed by atoms with Crippen molar-refractivity contribution in [1.29, 1.82) is 0 Å². The lowest BCUT2D eigenvalue weighted by atomic mass is 10.1. The number of fused-ring (bicyclic) bond motifs is 1. The van der Waals surface area contributed by atoms with Crippen LogP contribution in [0.3, 0.4) is 0 Å². The monoisotopic (exact) mass is 461 g/mol. The summed E-state index contributed by atoms with van der Waals surface area (Å²) in [6.07, 6.45) is 0.378. The van der Waals surface area contributed by atoms with Gasteiger partial charge in [-0.2, -0.15) is 10.2 Å². The van der Waals surface area contributed by atoms with Crippen LogP contribution in [0.4, 0.5) is 5.69 Å². The normalized spacial score (nSPS) is 11.9. The average molecular weight is 462 g/mol. The van der Waals surface area contributed by atoms with E-state index in [0.29, 0.717) is 45.9 Å². The zero-order valence-electron chi connectivity index (χ0n) is 19.8. The van der Waals surface area contributed by atoms with Crippen LogP contribution in [0.1, 0.15) is 30.8 Å². The van der Waals surface area contributed by atoms with E-state index >= 15 is 0 Å². The first-order valence-corrected chi connectivity index (χ1v) is 11.0. The van der Waals surface area contributed by atoms with Gasteiger partial charge in [0.05, 0.1) is 36.7 Å². The number of aromatic nitrogens is 4. The molecule has 1 N–H and O–H groups in total. The van der Waals surface area contributed by atoms with Crippen molar-refractivity contribution < 1.29 is 14.3 Å². The van der Waals surface area contributed by atoms with E-state index in [2.05, 4.69) is 15.5 Å². The van der Waals surface area contributed by atoms with Gasteiger partial charge < -0.3 is 14.8 Å². The number of carbonyl (C=O) groups excluding carboxylic acids is 1. The Morgan fingerprint density at radius 2 is 1.74 bits per heavy atom. The summed E-state index contributed by atoms with van der Waals surface area (Å²) in [4.78, 5) is 26.7. The zero-order chi connectivity index (χ0) is 24.4. The lowest BCUT2D eigenvalue weighted by molar-refractivity contribution is -0.119. The maximum atomic E-state index is 13.5. The van der Waals surface area contributed by atoms with Crippen LogP contribution in [-0.2, 0) is 4.79 Å². The number of methoxy groups -OCH3 is 2. The number of aryl methyl sites for hydroxylation is 2. The van der Waals surface area contributed by atoms with Crippen LogP contribution >= 0.6 is 0 Å². The van der Waals surface area contributed by atoms with E-state index in [4.69, 9.17) is 9.47 Å². The number of carbonyl (C=O) groups is 1. The molecule has 0 saturated carbocycles. The largest absolute Gasteiger partial charge is 0.493 e. The molecule has 0 aliphatic carbocycles. The van der Waals surface area contributed by atoms with Crippen LogP contribution in [0.15, 0.2) is 53.3 Å². The molecular weight excluding hydrogens is 434 g/mol. The fourth-order valence-corrected chi connectivity index (χ4v) is 4.02. The number of benzene rings is 2. The molecule has 0 fully saturated rings. The molecule has 0 aliphatic heterocycles. The van der Waals surface area contributed by atoms with Crippen LogP contribution < -0.4 is 20.3 Å². The predicted molar refractivity (Wildman–Crippen MR) is 130 cm³/mol. The first kappa shape index (κ1) is 23.0. The molecular formula is C25H27N5O4. The first-order valence-electron chi connectivity index (χ1n) is 11.0. The van der Waals surface area contributed by atoms with Crippen LogP contribution in [0.5, 0.6) is 11.5 Å². The van der Waals surface area contributed by atoms with E-state index < -0.39 is 6.04 Å². The predicted octanol–water partition coefficient (Wildman–Crippen LogP) is 3.81. The number of hydrogen-bond donors (Lipinski definition) is 1. The third kappa shape index (κ3) is 4.00. The van der Waals surface area contributed by atoms with E-state index in [1.165, 1.54) is 11.8 Å². The fourth-order valence-electron chi connectivity index (χ4n) is 4.02. The number of ether oxygens (including phenoxy) is 2. The Kier molecular flexibility index (Phi) is 6.36. The Morgan fingerprint density at radius 3 is 2.38 bits per heavy atom. The number of nitrogens with one attached hydrogen (secondary N) is 1. The minimum absolute atomic E-state index is 0.351. The maximum Gasteiger partial charge on any atom is 0.278 e. The van der Waals surface area contributed by atoms with E-state index in [9.17, 15) is 9.59 Å². The van der Waals surface area contributed by atoms with E-state index in [0.717, 1.165) is 5.69 Å². The van der Waals surface area contributed by atoms with Gasteiger partial charge in [-0.05, 0) is 44.5 Å². The van der Waals surface area contributed by atoms with Crippen molar-refractivity contribution >= 4 is 22.5 Å². The lowest BCUT2D eigenvalue weighted by Gasteiger charge is -2.18. The van der Waals surface area contributed by atoms with Gasteiger partial charge in [-0.15, -0.1) is 0 Å². The van der Waals surface area contributed by atoms with Gasteiger partial charge in [0.1, 0.15) is 11.6 Å². The van der Waals surface area contributed by atoms with Crippen LogP contribution in [-0.4, -0.2) is 39.7 Å². The van der Waals surface area contributed by atoms with Crippen molar-refractivity contribution in [2.24, 2.45) is 0 Å². The molecule has 2 aromatic carbocycles. The molecule has 1 amide bonds. The third-order valence-corrected chi connectivity index (χ3v) is 5.78. The summed E-state index contributed by atoms with van der Waals surface area (Å²) in [6, 6.07) is 13.9. The van der Waals surface area contributed by atoms with Crippen molar-refractivity contribution in [3.8, 4) is 17.2 Å². The minimum atomic E-state index is -0.803. The number of rotatable bonds is 7. The van der Waals surface area contributed by atoms with Gasteiger partial charge >= 0.3 is 0 Å². The van der Waals surface area contributed by atoms with Crippen LogP contribution in [0, 0.1) is 13.8 Å². The molecule has 9 heteroatoms. The minimum Gasteiger partial charge on any atom is -0.493 e. The molecule has 0 unspecified atom stereocenters. The summed E-state index contributed by atoms with van der Waals surface area (Å²) >= 11 is 0. The van der Waals surface area contributed by atoms with E-state index in [1.54, 1.807) is 36.9 Å². The Balaban J connectivity index is 1.74. The number of amides is 1. The number of para-hydroxylation sites is 1. The molecule has 0 bridgehead atoms. The van der Waals surface area contributed by atoms with E-state index in [1.807, 2.05) is 44.2 Å². The molecule has 1 atom stereocenters. The Labute approximate surface area is 196 Å². The maximum absolute atomic E-state index is 13.5. The molecule has 0 spiro atoms. The van der Waals surface area contributed by atoms with Crippen molar-refractivity contribution in [3.63, 3.8) is 0 Å². The SMILES string of the molecule is CC[C@@H](C(=O)Nc1ccc(OC)c(OC)c1)n1nc(C)c2nn(-c3ccccc3)c(C)c2c1=O. The lowest BCUT2D eigenvalue weighted by Crippen LogP contribution is -2.35. The Hall–Kier alpha value is -4.14. The highest BCUT2D eigenvalue weighted by molar-refractivity contribution is 5.94. The average Bonchev–Trinajstić information content (AvgIpc) is 3.21. The topological polar surface area (TPSA) is 100 Å². The van der Waals surface area contributed by atoms with Crippen molar-refractivity contribution in [3.05, 3.63) is 70.3 Å². The van der Waals surface area contributed by atoms with Gasteiger partial charge in [-0.1, -0.05) is 25.1 Å². The summed E-state index contributed by atoms with van der Waals surface area (Å²) in [5.74, 6) is 0.693. The fraction of sp³-hybridized carbons (Fsp3) is 0.280. The highest BCUT2D eigenvalue weighted by Gasteiger charge is 2.25. The molecule has 0 radical (unpaired) electrons. The number of hydrogen-bond acceptors (Lipinski definition) is 6. The van der Waals surface area contributed by atoms with Crippen molar-refractivity contribution in [2.45, 2.75) is 33.2 Å². The Morgan fingerprint density at radius 1 is 1.03 bits per heavy atom. The molecule has 9 nitrogen and oxygen atoms in total. The standard InChI is InChI=1S/C25H27N5O4/c1-6-19(24(31)26-17-12-13-20(33-4)21(14-17)34-5)30-25(32)22-16(3)29(18-10-8-7-9-11-18)28-23(22)15(2)27-30/h7-14,19H,6H2,1-5H3,(H,26,31)/t19-/m0/s1. The summed E-state index contributed by atoms with van der Waals surface area (Å²) in [5, 5.41) is 12.4. The molecule has 4 aromatic rings. The number of anilines is 1. The molecule has 0 saturated heterocycles. The van der Waals surface area contributed by atoms with Gasteiger partial charge in [0.2, 0.25) is 5.91 Å². The second kappa shape index (κ2) is 9.38. The van der Waals surface area contributed by atoms with Gasteiger partial charge in [-0.25, -0.2) is 9.36 Å². The summed E-state index contributed by atoms with van der Waals surface area (Å²) in [6.45, 7) is 5.48. The zero-order valence-corrected chi connectivity index (χ0v) is 19.8. The molecule has 4 rings (SSSR count). The van der Waals surface area contributed by atoms with Crippen LogP contribution in [0.25, 0.3) is 16.6 Å². The van der Waals surface area contributed by atoms with Gasteiger partial charge in [-0.3, -0.25) is 9.59 Å². The van der Waals surface area contributed by atoms with Crippen molar-refractivity contribution in [1.82, 2.24) is 19.6 Å². The van der Waals surface area contributed by atoms with Crippen molar-refractivity contribution in [2.75, 3.05) is 19.5 Å². The van der Waals surface area contributed by atoms with Crippen LogP contribution in [0.2, 0.25) is 0 Å². The second-order valence-corrected chi connectivity index (χ2v) is 7.87. The third-order valence-electron chi connectivity index (χ3n) is 5.78. The first-order chi connectivity index (χ1) is 16.4. The molecule has 0 aliphatic rings. The summed E-state index contributed by atoms with van der Waals surface area (Å²) < 4.78 is 13.6. The van der Waals surface area contributed by atoms with Gasteiger partial charge in [0.15, 0.2) is 11.5 Å². The quantitative estimate of drug-likeness (QED) is 0.449. The second-order valence-electron chi connectivity index (χ2n) is 7.87. The highest BCUT2D eigenvalue weighted by Crippen LogP contribution is 2.30. The molecule has 34 heavy (non-hydrogen) atoms. The van der Waals surface area contributed by atoms with Gasteiger partial charge in [0, 0.05) is 11.8 Å². The molecule has 176 valence electrons. The number of nitrogens with zero attached hydrogens (tertiary/aromatic N) is 4. The Bertz CT molecular complexity index is 1410. The summed E-state index contributed by atoms with van der Waals surface area (Å²) in [7, 11) is 3.07. The smallest absolute Gasteiger partial charge is 0.278 e. The summed E-state index contributed by atoms with van der Waals surface area (Å²) in [5.41, 5.74) is 2.82.